The zero-order chi connectivity index (χ0) is 33.1. The molecule has 0 saturated carbocycles. The van der Waals surface area contributed by atoms with E-state index in [0.29, 0.717) is 41.0 Å². The van der Waals surface area contributed by atoms with Gasteiger partial charge in [-0.3, -0.25) is 9.36 Å². The Morgan fingerprint density at radius 2 is 1.76 bits per heavy atom. The minimum Gasteiger partial charge on any atom is -0.491 e. The molecule has 0 bridgehead atoms. The lowest BCUT2D eigenvalue weighted by Gasteiger charge is -2.26. The minimum absolute atomic E-state index is 0.130. The molecule has 1 aliphatic heterocycles. The number of allylic oxidation sites excluding steroid dienone is 1. The zero-order valence-electron chi connectivity index (χ0n) is 25.4. The van der Waals surface area contributed by atoms with Crippen molar-refractivity contribution < 1.29 is 28.9 Å². The third kappa shape index (κ3) is 7.03. The molecule has 238 valence electrons. The molecule has 1 N–H and O–H groups in total. The molecule has 4 aromatic rings. The van der Waals surface area contributed by atoms with Gasteiger partial charge in [0.25, 0.3) is 5.56 Å². The van der Waals surface area contributed by atoms with Crippen LogP contribution < -0.4 is 24.4 Å². The number of nitrogens with zero attached hydrogens (tertiary/aromatic N) is 2. The molecule has 1 atom stereocenters. The van der Waals surface area contributed by atoms with Gasteiger partial charge in [-0.25, -0.2) is 14.6 Å². The van der Waals surface area contributed by atoms with Crippen molar-refractivity contribution in [3.8, 4) is 11.5 Å². The van der Waals surface area contributed by atoms with E-state index >= 15 is 0 Å². The second-order valence-corrected chi connectivity index (χ2v) is 13.3. The number of hydrogen-bond donors (Lipinski definition) is 1. The van der Waals surface area contributed by atoms with E-state index in [1.165, 1.54) is 28.0 Å². The van der Waals surface area contributed by atoms with Crippen molar-refractivity contribution in [2.75, 3.05) is 6.61 Å². The number of halogens is 2. The van der Waals surface area contributed by atoms with Crippen molar-refractivity contribution in [2.45, 2.75) is 46.4 Å². The van der Waals surface area contributed by atoms with E-state index in [1.54, 1.807) is 32.1 Å². The molecule has 0 saturated heterocycles. The van der Waals surface area contributed by atoms with E-state index in [2.05, 4.69) is 36.9 Å². The van der Waals surface area contributed by atoms with Crippen LogP contribution in [0.15, 0.2) is 90.7 Å². The molecular formula is C34H30Br2N2O7S. The molecule has 9 nitrogen and oxygen atoms in total. The summed E-state index contributed by atoms with van der Waals surface area (Å²) in [4.78, 5) is 43.7. The number of carboxylic acid groups (broad SMARTS) is 1. The molecule has 1 aromatic heterocycles. The first-order valence-corrected chi connectivity index (χ1v) is 16.8. The number of aromatic nitrogens is 1. The summed E-state index contributed by atoms with van der Waals surface area (Å²) in [5, 5.41) is 9.12. The van der Waals surface area contributed by atoms with Crippen LogP contribution in [0.1, 0.15) is 60.8 Å². The number of thiazole rings is 1. The third-order valence-electron chi connectivity index (χ3n) is 7.00. The minimum atomic E-state index is -0.990. The van der Waals surface area contributed by atoms with Gasteiger partial charge in [-0.05, 0) is 107 Å². The lowest BCUT2D eigenvalue weighted by Crippen LogP contribution is -2.40. The van der Waals surface area contributed by atoms with Crippen molar-refractivity contribution in [3.05, 3.63) is 123 Å². The number of aromatic carboxylic acids is 1. The molecule has 0 unspecified atom stereocenters. The molecule has 1 aliphatic rings. The summed E-state index contributed by atoms with van der Waals surface area (Å²) in [7, 11) is 0. The molecule has 0 aliphatic carbocycles. The van der Waals surface area contributed by atoms with Crippen molar-refractivity contribution in [1.82, 2.24) is 4.57 Å². The van der Waals surface area contributed by atoms with Crippen molar-refractivity contribution in [3.63, 3.8) is 0 Å². The van der Waals surface area contributed by atoms with Crippen LogP contribution in [0.25, 0.3) is 6.08 Å². The monoisotopic (exact) mass is 768 g/mol. The van der Waals surface area contributed by atoms with Crippen LogP contribution in [-0.2, 0) is 16.1 Å². The lowest BCUT2D eigenvalue weighted by atomic mass is 9.95. The Kier molecular flexibility index (Phi) is 10.3. The lowest BCUT2D eigenvalue weighted by molar-refractivity contribution is -0.139. The number of carbonyl (C=O) groups is 2. The van der Waals surface area contributed by atoms with Crippen molar-refractivity contribution in [1.29, 1.82) is 0 Å². The summed E-state index contributed by atoms with van der Waals surface area (Å²) < 4.78 is 20.8. The highest BCUT2D eigenvalue weighted by Crippen LogP contribution is 2.37. The molecule has 12 heteroatoms. The summed E-state index contributed by atoms with van der Waals surface area (Å²) in [5.74, 6) is -0.410. The number of ether oxygens (including phenoxy) is 3. The normalized spacial score (nSPS) is 14.6. The molecule has 0 fully saturated rings. The van der Waals surface area contributed by atoms with E-state index in [1.807, 2.05) is 50.2 Å². The van der Waals surface area contributed by atoms with Crippen LogP contribution in [0, 0.1) is 0 Å². The standard InChI is InChI=1S/C34H30Br2N2O7S/c1-5-43-33(42)28-19(4)37-34-38(29(28)23-8-6-7-9-26(23)45-18(2)3)31(39)27(46-34)16-21-14-24(35)30(25(36)15-21)44-17-20-10-12-22(13-11-20)32(40)41/h6-16,18,29H,5,17H2,1-4H3,(H,40,41)/b27-16+/t29-/m0/s1. The van der Waals surface area contributed by atoms with Gasteiger partial charge in [0.05, 0.1) is 43.0 Å². The van der Waals surface area contributed by atoms with Crippen LogP contribution in [0.4, 0.5) is 0 Å². The predicted molar refractivity (Wildman–Crippen MR) is 182 cm³/mol. The van der Waals surface area contributed by atoms with Gasteiger partial charge in [0.15, 0.2) is 4.80 Å². The molecule has 0 radical (unpaired) electrons. The molecule has 5 rings (SSSR count). The molecule has 46 heavy (non-hydrogen) atoms. The maximum atomic E-state index is 14.1. The largest absolute Gasteiger partial charge is 0.491 e. The number of fused-ring (bicyclic) bond motifs is 1. The molecular weight excluding hydrogens is 740 g/mol. The highest BCUT2D eigenvalue weighted by atomic mass is 79.9. The highest BCUT2D eigenvalue weighted by Gasteiger charge is 2.35. The van der Waals surface area contributed by atoms with Gasteiger partial charge in [0.2, 0.25) is 0 Å². The van der Waals surface area contributed by atoms with Crippen molar-refractivity contribution in [2.24, 2.45) is 4.99 Å². The molecule has 0 spiro atoms. The highest BCUT2D eigenvalue weighted by molar-refractivity contribution is 9.11. The van der Waals surface area contributed by atoms with Gasteiger partial charge in [-0.2, -0.15) is 0 Å². The number of para-hydroxylation sites is 1. The molecule has 0 amide bonds. The first-order chi connectivity index (χ1) is 22.0. The second kappa shape index (κ2) is 14.2. The third-order valence-corrected chi connectivity index (χ3v) is 9.16. The first-order valence-electron chi connectivity index (χ1n) is 14.4. The summed E-state index contributed by atoms with van der Waals surface area (Å²) in [6, 6.07) is 16.7. The second-order valence-electron chi connectivity index (χ2n) is 10.6. The van der Waals surface area contributed by atoms with Gasteiger partial charge in [0, 0.05) is 5.56 Å². The predicted octanol–water partition coefficient (Wildman–Crippen LogP) is 6.39. The Hall–Kier alpha value is -4.00. The average Bonchev–Trinajstić information content (AvgIpc) is 3.30. The Morgan fingerprint density at radius 3 is 2.39 bits per heavy atom. The Bertz CT molecular complexity index is 2010. The van der Waals surface area contributed by atoms with E-state index in [4.69, 9.17) is 19.3 Å². The average molecular weight is 770 g/mol. The Labute approximate surface area is 285 Å². The van der Waals surface area contributed by atoms with E-state index in [9.17, 15) is 14.4 Å². The maximum Gasteiger partial charge on any atom is 0.338 e. The zero-order valence-corrected chi connectivity index (χ0v) is 29.4. The van der Waals surface area contributed by atoms with Gasteiger partial charge in [-0.1, -0.05) is 41.7 Å². The van der Waals surface area contributed by atoms with E-state index in [0.717, 1.165) is 11.1 Å². The number of benzene rings is 3. The fraction of sp³-hybridized carbons (Fsp3) is 0.235. The quantitative estimate of drug-likeness (QED) is 0.186. The fourth-order valence-electron chi connectivity index (χ4n) is 5.00. The van der Waals surface area contributed by atoms with Crippen LogP contribution in [0.5, 0.6) is 11.5 Å². The van der Waals surface area contributed by atoms with Crippen molar-refractivity contribution >= 4 is 61.2 Å². The van der Waals surface area contributed by atoms with Crippen LogP contribution >= 0.6 is 43.2 Å². The molecule has 2 heterocycles. The van der Waals surface area contributed by atoms with Gasteiger partial charge in [-0.15, -0.1) is 0 Å². The maximum absolute atomic E-state index is 14.1. The summed E-state index contributed by atoms with van der Waals surface area (Å²) >= 11 is 8.39. The Balaban J connectivity index is 1.54. The smallest absolute Gasteiger partial charge is 0.338 e. The topological polar surface area (TPSA) is 116 Å². The summed E-state index contributed by atoms with van der Waals surface area (Å²) in [6.45, 7) is 7.71. The van der Waals surface area contributed by atoms with E-state index in [-0.39, 0.29) is 36.0 Å². The van der Waals surface area contributed by atoms with Gasteiger partial charge >= 0.3 is 11.9 Å². The number of carbonyl (C=O) groups excluding carboxylic acids is 1. The number of hydrogen-bond acceptors (Lipinski definition) is 8. The summed E-state index contributed by atoms with van der Waals surface area (Å²) in [5.41, 5.74) is 2.84. The van der Waals surface area contributed by atoms with Crippen LogP contribution in [-0.4, -0.2) is 34.3 Å². The number of esters is 1. The van der Waals surface area contributed by atoms with E-state index < -0.39 is 18.0 Å². The SMILES string of the molecule is CCOC(=O)C1=C(C)N=c2s/c(=C/c3cc(Br)c(OCc4ccc(C(=O)O)cc4)c(Br)c3)c(=O)n2[C@H]1c1ccccc1OC(C)C. The van der Waals surface area contributed by atoms with Crippen LogP contribution in [0.2, 0.25) is 0 Å². The summed E-state index contributed by atoms with van der Waals surface area (Å²) in [6.07, 6.45) is 1.64. The molecule has 3 aromatic carbocycles. The number of carboxylic acids is 1. The van der Waals surface area contributed by atoms with Gasteiger partial charge in [0.1, 0.15) is 24.1 Å². The first kappa shape index (κ1) is 33.4. The number of rotatable bonds is 10. The van der Waals surface area contributed by atoms with Crippen LogP contribution in [0.3, 0.4) is 0 Å². The fourth-order valence-corrected chi connectivity index (χ4v) is 7.50. The Morgan fingerprint density at radius 1 is 1.09 bits per heavy atom. The van der Waals surface area contributed by atoms with Gasteiger partial charge < -0.3 is 19.3 Å².